The first-order chi connectivity index (χ1) is 9.21. The third-order valence-electron chi connectivity index (χ3n) is 5.08. The van der Waals surface area contributed by atoms with Gasteiger partial charge in [0.05, 0.1) is 5.56 Å². The number of amides is 1. The lowest BCUT2D eigenvalue weighted by Crippen LogP contribution is -2.30. The van der Waals surface area contributed by atoms with Gasteiger partial charge in [0.25, 0.3) is 5.91 Å². The van der Waals surface area contributed by atoms with E-state index in [1.54, 1.807) is 0 Å². The van der Waals surface area contributed by atoms with Crippen LogP contribution in [-0.2, 0) is 0 Å². The zero-order chi connectivity index (χ0) is 15.1. The van der Waals surface area contributed by atoms with Gasteiger partial charge >= 0.3 is 0 Å². The van der Waals surface area contributed by atoms with Crippen LogP contribution in [0.15, 0.2) is 18.2 Å². The summed E-state index contributed by atoms with van der Waals surface area (Å²) in [4.78, 5) is 12.5. The molecule has 1 aliphatic rings. The summed E-state index contributed by atoms with van der Waals surface area (Å²) >= 11 is 0. The number of hydrogen-bond acceptors (Lipinski definition) is 2. The van der Waals surface area contributed by atoms with E-state index in [0.29, 0.717) is 0 Å². The van der Waals surface area contributed by atoms with Crippen LogP contribution >= 0.6 is 0 Å². The highest BCUT2D eigenvalue weighted by Gasteiger charge is 2.65. The second-order valence-corrected chi connectivity index (χ2v) is 6.93. The molecule has 1 aromatic carbocycles. The van der Waals surface area contributed by atoms with Crippen molar-refractivity contribution in [2.75, 3.05) is 11.9 Å². The molecule has 0 radical (unpaired) electrons. The summed E-state index contributed by atoms with van der Waals surface area (Å²) in [7, 11) is 0. The molecule has 1 aromatic rings. The minimum Gasteiger partial charge on any atom is -0.385 e. The van der Waals surface area contributed by atoms with Crippen molar-refractivity contribution < 1.29 is 4.79 Å². The lowest BCUT2D eigenvalue weighted by molar-refractivity contribution is 0.0944. The monoisotopic (exact) mass is 274 g/mol. The molecule has 0 aromatic heterocycles. The molecular formula is C17H26N2O. The van der Waals surface area contributed by atoms with Crippen molar-refractivity contribution in [3.63, 3.8) is 0 Å². The maximum absolute atomic E-state index is 12.5. The Hall–Kier alpha value is -1.51. The predicted octanol–water partition coefficient (Wildman–Crippen LogP) is 3.59. The van der Waals surface area contributed by atoms with Crippen molar-refractivity contribution in [2.45, 2.75) is 47.6 Å². The van der Waals surface area contributed by atoms with E-state index in [1.165, 1.54) is 0 Å². The normalized spacial score (nSPS) is 19.5. The van der Waals surface area contributed by atoms with Gasteiger partial charge in [0, 0.05) is 18.3 Å². The third-order valence-corrected chi connectivity index (χ3v) is 5.08. The summed E-state index contributed by atoms with van der Waals surface area (Å²) in [5.74, 6) is 0.0181. The van der Waals surface area contributed by atoms with Crippen LogP contribution in [0.5, 0.6) is 0 Å². The van der Waals surface area contributed by atoms with Gasteiger partial charge in [-0.05, 0) is 42.4 Å². The number of anilines is 1. The minimum absolute atomic E-state index is 0.0181. The second-order valence-electron chi connectivity index (χ2n) is 6.93. The quantitative estimate of drug-likeness (QED) is 0.881. The lowest BCUT2D eigenvalue weighted by atomic mass is 10.0. The smallest absolute Gasteiger partial charge is 0.253 e. The summed E-state index contributed by atoms with van der Waals surface area (Å²) in [6, 6.07) is 6.16. The molecule has 1 fully saturated rings. The standard InChI is InChI=1S/C17H26N2O/c1-7-18-13-10-11(2)8-9-12(13)14(20)19-15-16(3,4)17(15,5)6/h8-10,15,18H,7H2,1-6H3,(H,19,20). The van der Waals surface area contributed by atoms with Gasteiger partial charge in [0.1, 0.15) is 0 Å². The number of carbonyl (C=O) groups excluding carboxylic acids is 1. The van der Waals surface area contributed by atoms with E-state index < -0.39 is 0 Å². The Balaban J connectivity index is 2.19. The van der Waals surface area contributed by atoms with Crippen LogP contribution in [-0.4, -0.2) is 18.5 Å². The fourth-order valence-electron chi connectivity index (χ4n) is 2.96. The minimum atomic E-state index is 0.0181. The van der Waals surface area contributed by atoms with Crippen LogP contribution in [0.3, 0.4) is 0 Å². The zero-order valence-electron chi connectivity index (χ0n) is 13.4. The summed E-state index contributed by atoms with van der Waals surface area (Å²) in [6.45, 7) is 13.7. The van der Waals surface area contributed by atoms with Gasteiger partial charge in [0.2, 0.25) is 0 Å². The van der Waals surface area contributed by atoms with E-state index in [-0.39, 0.29) is 22.8 Å². The van der Waals surface area contributed by atoms with Gasteiger partial charge in [-0.15, -0.1) is 0 Å². The summed E-state index contributed by atoms with van der Waals surface area (Å²) in [5, 5.41) is 6.46. The van der Waals surface area contributed by atoms with Gasteiger partial charge in [-0.25, -0.2) is 0 Å². The number of rotatable bonds is 4. The fourth-order valence-corrected chi connectivity index (χ4v) is 2.96. The average molecular weight is 274 g/mol. The summed E-state index contributed by atoms with van der Waals surface area (Å²) in [5.41, 5.74) is 3.12. The summed E-state index contributed by atoms with van der Waals surface area (Å²) < 4.78 is 0. The Bertz CT molecular complexity index is 518. The first-order valence-corrected chi connectivity index (χ1v) is 7.37. The van der Waals surface area contributed by atoms with Crippen LogP contribution < -0.4 is 10.6 Å². The number of carbonyl (C=O) groups is 1. The van der Waals surface area contributed by atoms with Crippen LogP contribution in [0.2, 0.25) is 0 Å². The van der Waals surface area contributed by atoms with E-state index in [1.807, 2.05) is 32.0 Å². The Labute approximate surface area is 122 Å². The Morgan fingerprint density at radius 3 is 2.30 bits per heavy atom. The molecule has 2 rings (SSSR count). The zero-order valence-corrected chi connectivity index (χ0v) is 13.4. The molecule has 0 unspecified atom stereocenters. The van der Waals surface area contributed by atoms with Gasteiger partial charge in [-0.1, -0.05) is 33.8 Å². The highest BCUT2D eigenvalue weighted by atomic mass is 16.1. The highest BCUT2D eigenvalue weighted by Crippen LogP contribution is 2.62. The topological polar surface area (TPSA) is 41.1 Å². The van der Waals surface area contributed by atoms with E-state index in [9.17, 15) is 4.79 Å². The third kappa shape index (κ3) is 2.30. The molecule has 20 heavy (non-hydrogen) atoms. The SMILES string of the molecule is CCNc1cc(C)ccc1C(=O)NC1C(C)(C)C1(C)C. The molecule has 1 saturated carbocycles. The van der Waals surface area contributed by atoms with E-state index in [0.717, 1.165) is 23.4 Å². The molecule has 110 valence electrons. The van der Waals surface area contributed by atoms with E-state index in [4.69, 9.17) is 0 Å². The van der Waals surface area contributed by atoms with Crippen molar-refractivity contribution in [3.8, 4) is 0 Å². The number of aryl methyl sites for hydroxylation is 1. The first-order valence-electron chi connectivity index (χ1n) is 7.37. The lowest BCUT2D eigenvalue weighted by Gasteiger charge is -2.13. The van der Waals surface area contributed by atoms with Crippen LogP contribution in [0, 0.1) is 17.8 Å². The molecule has 0 atom stereocenters. The van der Waals surface area contributed by atoms with Gasteiger partial charge in [-0.3, -0.25) is 4.79 Å². The fraction of sp³-hybridized carbons (Fsp3) is 0.588. The van der Waals surface area contributed by atoms with Gasteiger partial charge < -0.3 is 10.6 Å². The molecule has 0 aliphatic heterocycles. The number of hydrogen-bond donors (Lipinski definition) is 2. The molecular weight excluding hydrogens is 248 g/mol. The summed E-state index contributed by atoms with van der Waals surface area (Å²) in [6.07, 6.45) is 0. The Morgan fingerprint density at radius 2 is 1.80 bits per heavy atom. The number of nitrogens with one attached hydrogen (secondary N) is 2. The van der Waals surface area contributed by atoms with Crippen LogP contribution in [0.25, 0.3) is 0 Å². The van der Waals surface area contributed by atoms with E-state index in [2.05, 4.69) is 38.3 Å². The van der Waals surface area contributed by atoms with Gasteiger partial charge in [-0.2, -0.15) is 0 Å². The van der Waals surface area contributed by atoms with Crippen molar-refractivity contribution in [3.05, 3.63) is 29.3 Å². The van der Waals surface area contributed by atoms with Crippen molar-refractivity contribution >= 4 is 11.6 Å². The maximum atomic E-state index is 12.5. The highest BCUT2D eigenvalue weighted by molar-refractivity contribution is 6.00. The van der Waals surface area contributed by atoms with Crippen LogP contribution in [0.4, 0.5) is 5.69 Å². The van der Waals surface area contributed by atoms with Crippen molar-refractivity contribution in [2.24, 2.45) is 10.8 Å². The van der Waals surface area contributed by atoms with Crippen LogP contribution in [0.1, 0.15) is 50.5 Å². The first kappa shape index (κ1) is 14.9. The molecule has 0 spiro atoms. The molecule has 3 nitrogen and oxygen atoms in total. The molecule has 1 aliphatic carbocycles. The molecule has 0 heterocycles. The Kier molecular flexibility index (Phi) is 3.57. The van der Waals surface area contributed by atoms with Crippen molar-refractivity contribution in [1.82, 2.24) is 5.32 Å². The maximum Gasteiger partial charge on any atom is 0.253 e. The largest absolute Gasteiger partial charge is 0.385 e. The van der Waals surface area contributed by atoms with E-state index >= 15 is 0 Å². The second kappa shape index (κ2) is 4.80. The number of benzene rings is 1. The molecule has 0 saturated heterocycles. The predicted molar refractivity (Wildman–Crippen MR) is 84.2 cm³/mol. The molecule has 2 N–H and O–H groups in total. The molecule has 1 amide bonds. The molecule has 3 heteroatoms. The Morgan fingerprint density at radius 1 is 1.20 bits per heavy atom. The van der Waals surface area contributed by atoms with Gasteiger partial charge in [0.15, 0.2) is 0 Å². The van der Waals surface area contributed by atoms with Crippen molar-refractivity contribution in [1.29, 1.82) is 0 Å². The molecule has 0 bridgehead atoms. The average Bonchev–Trinajstić information content (AvgIpc) is 2.72.